The maximum Gasteiger partial charge on any atom is 0.317 e. The van der Waals surface area contributed by atoms with E-state index in [9.17, 15) is 9.18 Å². The fourth-order valence-corrected chi connectivity index (χ4v) is 2.15. The lowest BCUT2D eigenvalue weighted by molar-refractivity contribution is -0.139. The molecule has 0 amide bonds. The van der Waals surface area contributed by atoms with Gasteiger partial charge in [0, 0.05) is 12.6 Å². The summed E-state index contributed by atoms with van der Waals surface area (Å²) in [4.78, 5) is 12.5. The van der Waals surface area contributed by atoms with Crippen LogP contribution in [-0.2, 0) is 17.8 Å². The molecule has 2 rings (SSSR count). The summed E-state index contributed by atoms with van der Waals surface area (Å²) >= 11 is 0. The second-order valence-electron chi connectivity index (χ2n) is 4.26. The molecule has 1 aliphatic rings. The molecule has 0 saturated carbocycles. The Balaban J connectivity index is 2.22. The third-order valence-corrected chi connectivity index (χ3v) is 3.02. The maximum atomic E-state index is 13.0. The lowest BCUT2D eigenvalue weighted by Crippen LogP contribution is -2.41. The van der Waals surface area contributed by atoms with Crippen LogP contribution in [0.25, 0.3) is 0 Å². The highest BCUT2D eigenvalue weighted by molar-refractivity contribution is 5.69. The fraction of sp³-hybridized carbons (Fsp3) is 0.417. The molecule has 16 heavy (non-hydrogen) atoms. The van der Waals surface area contributed by atoms with Crippen LogP contribution >= 0.6 is 0 Å². The standard InChI is InChI=1S/C12H14FNO2/c1-8-4-9-2-3-11(13)5-10(9)6-14(8)7-12(15)16/h2-3,5,8H,4,6-7H2,1H3,(H,15,16)/t8-/m0/s1. The van der Waals surface area contributed by atoms with E-state index in [0.717, 1.165) is 17.5 Å². The average Bonchev–Trinajstić information content (AvgIpc) is 2.19. The first kappa shape index (κ1) is 11.1. The third kappa shape index (κ3) is 2.22. The normalized spacial score (nSPS) is 20.5. The van der Waals surface area contributed by atoms with E-state index in [2.05, 4.69) is 0 Å². The van der Waals surface area contributed by atoms with Gasteiger partial charge in [0.05, 0.1) is 6.54 Å². The summed E-state index contributed by atoms with van der Waals surface area (Å²) in [6.45, 7) is 2.52. The van der Waals surface area contributed by atoms with Crippen LogP contribution in [0, 0.1) is 5.82 Å². The Morgan fingerprint density at radius 2 is 2.31 bits per heavy atom. The minimum atomic E-state index is -0.841. The van der Waals surface area contributed by atoms with Crippen LogP contribution in [0.1, 0.15) is 18.1 Å². The van der Waals surface area contributed by atoms with Crippen molar-refractivity contribution < 1.29 is 14.3 Å². The molecule has 86 valence electrons. The Morgan fingerprint density at radius 1 is 1.56 bits per heavy atom. The van der Waals surface area contributed by atoms with Gasteiger partial charge in [0.25, 0.3) is 0 Å². The first-order valence-electron chi connectivity index (χ1n) is 5.29. The Kier molecular flexibility index (Phi) is 2.92. The smallest absolute Gasteiger partial charge is 0.317 e. The summed E-state index contributed by atoms with van der Waals surface area (Å²) in [5.41, 5.74) is 2.02. The molecule has 3 nitrogen and oxygen atoms in total. The molecule has 0 bridgehead atoms. The minimum absolute atomic E-state index is 0.0110. The number of halogens is 1. The number of hydrogen-bond donors (Lipinski definition) is 1. The number of nitrogens with zero attached hydrogens (tertiary/aromatic N) is 1. The summed E-state index contributed by atoms with van der Waals surface area (Å²) in [7, 11) is 0. The van der Waals surface area contributed by atoms with Gasteiger partial charge in [-0.2, -0.15) is 0 Å². The first-order chi connectivity index (χ1) is 7.56. The molecule has 1 aromatic rings. The number of rotatable bonds is 2. The van der Waals surface area contributed by atoms with Crippen LogP contribution in [0.4, 0.5) is 4.39 Å². The van der Waals surface area contributed by atoms with Crippen LogP contribution in [-0.4, -0.2) is 28.6 Å². The molecule has 0 fully saturated rings. The van der Waals surface area contributed by atoms with Gasteiger partial charge in [-0.25, -0.2) is 4.39 Å². The SMILES string of the molecule is C[C@H]1Cc2ccc(F)cc2CN1CC(=O)O. The molecule has 1 N–H and O–H groups in total. The fourth-order valence-electron chi connectivity index (χ4n) is 2.15. The number of carboxylic acids is 1. The summed E-state index contributed by atoms with van der Waals surface area (Å²) in [5, 5.41) is 8.77. The van der Waals surface area contributed by atoms with E-state index in [1.165, 1.54) is 12.1 Å². The van der Waals surface area contributed by atoms with Gasteiger partial charge in [0.1, 0.15) is 5.82 Å². The van der Waals surface area contributed by atoms with E-state index in [4.69, 9.17) is 5.11 Å². The minimum Gasteiger partial charge on any atom is -0.480 e. The number of benzene rings is 1. The van der Waals surface area contributed by atoms with E-state index in [0.29, 0.717) is 6.54 Å². The summed E-state index contributed by atoms with van der Waals surface area (Å²) < 4.78 is 13.0. The zero-order valence-electron chi connectivity index (χ0n) is 9.11. The lowest BCUT2D eigenvalue weighted by Gasteiger charge is -2.33. The molecule has 0 aliphatic carbocycles. The average molecular weight is 223 g/mol. The number of carbonyl (C=O) groups is 1. The van der Waals surface area contributed by atoms with Crippen molar-refractivity contribution in [3.05, 3.63) is 35.1 Å². The molecule has 0 aromatic heterocycles. The highest BCUT2D eigenvalue weighted by atomic mass is 19.1. The monoisotopic (exact) mass is 223 g/mol. The van der Waals surface area contributed by atoms with Gasteiger partial charge in [-0.3, -0.25) is 9.69 Å². The lowest BCUT2D eigenvalue weighted by atomic mass is 9.95. The van der Waals surface area contributed by atoms with E-state index in [1.807, 2.05) is 11.8 Å². The van der Waals surface area contributed by atoms with Gasteiger partial charge in [0.2, 0.25) is 0 Å². The van der Waals surface area contributed by atoms with Crippen LogP contribution in [0.3, 0.4) is 0 Å². The summed E-state index contributed by atoms with van der Waals surface area (Å²) in [6.07, 6.45) is 0.781. The van der Waals surface area contributed by atoms with Crippen molar-refractivity contribution in [1.29, 1.82) is 0 Å². The zero-order chi connectivity index (χ0) is 11.7. The first-order valence-corrected chi connectivity index (χ1v) is 5.29. The molecule has 0 spiro atoms. The number of hydrogen-bond acceptors (Lipinski definition) is 2. The predicted molar refractivity (Wildman–Crippen MR) is 57.6 cm³/mol. The Labute approximate surface area is 93.5 Å². The van der Waals surface area contributed by atoms with Crippen molar-refractivity contribution in [2.45, 2.75) is 25.9 Å². The summed E-state index contributed by atoms with van der Waals surface area (Å²) in [5.74, 6) is -1.10. The van der Waals surface area contributed by atoms with E-state index >= 15 is 0 Å². The van der Waals surface area contributed by atoms with Crippen molar-refractivity contribution in [2.24, 2.45) is 0 Å². The topological polar surface area (TPSA) is 40.5 Å². The van der Waals surface area contributed by atoms with Crippen LogP contribution < -0.4 is 0 Å². The molecule has 1 aliphatic heterocycles. The molecule has 1 aromatic carbocycles. The third-order valence-electron chi connectivity index (χ3n) is 3.02. The van der Waals surface area contributed by atoms with Crippen molar-refractivity contribution in [1.82, 2.24) is 4.90 Å². The van der Waals surface area contributed by atoms with Crippen LogP contribution in [0.2, 0.25) is 0 Å². The Hall–Kier alpha value is -1.42. The van der Waals surface area contributed by atoms with Gasteiger partial charge in [0.15, 0.2) is 0 Å². The Morgan fingerprint density at radius 3 is 3.00 bits per heavy atom. The number of aliphatic carboxylic acids is 1. The molecule has 1 heterocycles. The van der Waals surface area contributed by atoms with Gasteiger partial charge in [-0.05, 0) is 36.6 Å². The number of fused-ring (bicyclic) bond motifs is 1. The molecule has 0 radical (unpaired) electrons. The molecular formula is C12H14FNO2. The molecule has 4 heteroatoms. The highest BCUT2D eigenvalue weighted by Gasteiger charge is 2.24. The van der Waals surface area contributed by atoms with Crippen molar-refractivity contribution >= 4 is 5.97 Å². The second kappa shape index (κ2) is 4.22. The van der Waals surface area contributed by atoms with Crippen LogP contribution in [0.5, 0.6) is 0 Å². The van der Waals surface area contributed by atoms with E-state index in [-0.39, 0.29) is 18.4 Å². The van der Waals surface area contributed by atoms with Crippen molar-refractivity contribution in [2.75, 3.05) is 6.54 Å². The maximum absolute atomic E-state index is 13.0. The number of carboxylic acid groups (broad SMARTS) is 1. The molecule has 0 saturated heterocycles. The largest absolute Gasteiger partial charge is 0.480 e. The van der Waals surface area contributed by atoms with Gasteiger partial charge >= 0.3 is 5.97 Å². The highest BCUT2D eigenvalue weighted by Crippen LogP contribution is 2.23. The zero-order valence-corrected chi connectivity index (χ0v) is 9.11. The molecule has 1 atom stereocenters. The van der Waals surface area contributed by atoms with E-state index < -0.39 is 5.97 Å². The van der Waals surface area contributed by atoms with Crippen molar-refractivity contribution in [3.63, 3.8) is 0 Å². The molecule has 0 unspecified atom stereocenters. The van der Waals surface area contributed by atoms with Gasteiger partial charge < -0.3 is 5.11 Å². The quantitative estimate of drug-likeness (QED) is 0.828. The van der Waals surface area contributed by atoms with Gasteiger partial charge in [-0.15, -0.1) is 0 Å². The predicted octanol–water partition coefficient (Wildman–Crippen LogP) is 1.66. The molecular weight excluding hydrogens is 209 g/mol. The second-order valence-corrected chi connectivity index (χ2v) is 4.26. The van der Waals surface area contributed by atoms with Crippen LogP contribution in [0.15, 0.2) is 18.2 Å². The summed E-state index contributed by atoms with van der Waals surface area (Å²) in [6, 6.07) is 4.93. The van der Waals surface area contributed by atoms with Gasteiger partial charge in [-0.1, -0.05) is 6.07 Å². The van der Waals surface area contributed by atoms with E-state index in [1.54, 1.807) is 6.07 Å². The Bertz CT molecular complexity index is 419. The van der Waals surface area contributed by atoms with Crippen molar-refractivity contribution in [3.8, 4) is 0 Å².